The van der Waals surface area contributed by atoms with Gasteiger partial charge in [0.15, 0.2) is 0 Å². The Morgan fingerprint density at radius 1 is 1.33 bits per heavy atom. The molecule has 5 heteroatoms. The minimum absolute atomic E-state index is 0.195. The molecule has 1 aromatic heterocycles. The number of aromatic hydroxyl groups is 1. The van der Waals surface area contributed by atoms with Gasteiger partial charge in [-0.3, -0.25) is 9.78 Å². The van der Waals surface area contributed by atoms with Crippen LogP contribution in [0.3, 0.4) is 0 Å². The standard InChI is InChI=1S/C16H19N3O2/c1-11-9-18-7-6-13(11)10-19-16(21)15(17)8-12-2-4-14(20)5-3-12/h2-7,9,15,20H,8,10,17H2,1H3,(H,19,21). The zero-order valence-electron chi connectivity index (χ0n) is 11.9. The van der Waals surface area contributed by atoms with Crippen LogP contribution in [0, 0.1) is 6.92 Å². The van der Waals surface area contributed by atoms with Gasteiger partial charge in [0.05, 0.1) is 6.04 Å². The van der Waals surface area contributed by atoms with Crippen molar-refractivity contribution in [3.63, 3.8) is 0 Å². The smallest absolute Gasteiger partial charge is 0.237 e. The second-order valence-electron chi connectivity index (χ2n) is 5.00. The molecule has 1 heterocycles. The first kappa shape index (κ1) is 15.0. The summed E-state index contributed by atoms with van der Waals surface area (Å²) in [4.78, 5) is 16.0. The average molecular weight is 285 g/mol. The molecular formula is C16H19N3O2. The van der Waals surface area contributed by atoms with E-state index in [0.717, 1.165) is 16.7 Å². The maximum Gasteiger partial charge on any atom is 0.237 e. The normalized spacial score (nSPS) is 11.9. The predicted molar refractivity (Wildman–Crippen MR) is 80.6 cm³/mol. The molecule has 1 amide bonds. The van der Waals surface area contributed by atoms with Crippen LogP contribution < -0.4 is 11.1 Å². The molecule has 0 saturated heterocycles. The summed E-state index contributed by atoms with van der Waals surface area (Å²) in [6.07, 6.45) is 3.89. The summed E-state index contributed by atoms with van der Waals surface area (Å²) in [5, 5.41) is 12.1. The number of hydrogen-bond donors (Lipinski definition) is 3. The number of hydrogen-bond acceptors (Lipinski definition) is 4. The van der Waals surface area contributed by atoms with Crippen molar-refractivity contribution in [3.05, 3.63) is 59.4 Å². The van der Waals surface area contributed by atoms with E-state index in [1.54, 1.807) is 36.7 Å². The summed E-state index contributed by atoms with van der Waals surface area (Å²) in [6, 6.07) is 7.95. The minimum atomic E-state index is -0.614. The molecule has 2 aromatic rings. The van der Waals surface area contributed by atoms with E-state index in [0.29, 0.717) is 13.0 Å². The number of amides is 1. The summed E-state index contributed by atoms with van der Waals surface area (Å²) >= 11 is 0. The molecule has 0 aliphatic heterocycles. The molecule has 0 saturated carbocycles. The average Bonchev–Trinajstić information content (AvgIpc) is 2.48. The van der Waals surface area contributed by atoms with Crippen molar-refractivity contribution < 1.29 is 9.90 Å². The zero-order chi connectivity index (χ0) is 15.2. The van der Waals surface area contributed by atoms with E-state index >= 15 is 0 Å². The number of rotatable bonds is 5. The lowest BCUT2D eigenvalue weighted by atomic mass is 10.1. The monoisotopic (exact) mass is 285 g/mol. The molecule has 0 bridgehead atoms. The summed E-state index contributed by atoms with van der Waals surface area (Å²) in [5.41, 5.74) is 8.87. The molecule has 0 aliphatic carbocycles. The van der Waals surface area contributed by atoms with Crippen LogP contribution in [0.1, 0.15) is 16.7 Å². The third kappa shape index (κ3) is 4.29. The second-order valence-corrected chi connectivity index (χ2v) is 5.00. The van der Waals surface area contributed by atoms with Crippen LogP contribution in [0.2, 0.25) is 0 Å². The molecule has 0 radical (unpaired) electrons. The van der Waals surface area contributed by atoms with Gasteiger partial charge in [0, 0.05) is 18.9 Å². The number of phenolic OH excluding ortho intramolecular Hbond substituents is 1. The highest BCUT2D eigenvalue weighted by Gasteiger charge is 2.14. The fourth-order valence-corrected chi connectivity index (χ4v) is 1.99. The first-order valence-electron chi connectivity index (χ1n) is 6.77. The van der Waals surface area contributed by atoms with E-state index in [1.165, 1.54) is 0 Å². The predicted octanol–water partition coefficient (Wildman–Crippen LogP) is 1.28. The first-order valence-corrected chi connectivity index (χ1v) is 6.77. The van der Waals surface area contributed by atoms with Crippen molar-refractivity contribution in [2.75, 3.05) is 0 Å². The number of aryl methyl sites for hydroxylation is 1. The van der Waals surface area contributed by atoms with E-state index in [4.69, 9.17) is 5.73 Å². The number of benzene rings is 1. The van der Waals surface area contributed by atoms with Gasteiger partial charge in [-0.2, -0.15) is 0 Å². The molecule has 1 unspecified atom stereocenters. The van der Waals surface area contributed by atoms with Gasteiger partial charge in [-0.1, -0.05) is 12.1 Å². The summed E-state index contributed by atoms with van der Waals surface area (Å²) in [6.45, 7) is 2.39. The quantitative estimate of drug-likeness (QED) is 0.772. The zero-order valence-corrected chi connectivity index (χ0v) is 11.9. The molecule has 1 atom stereocenters. The molecule has 0 fully saturated rings. The van der Waals surface area contributed by atoms with Crippen molar-refractivity contribution in [1.82, 2.24) is 10.3 Å². The molecule has 4 N–H and O–H groups in total. The van der Waals surface area contributed by atoms with E-state index < -0.39 is 6.04 Å². The number of carbonyl (C=O) groups excluding carboxylic acids is 1. The number of aromatic nitrogens is 1. The Morgan fingerprint density at radius 2 is 2.05 bits per heavy atom. The van der Waals surface area contributed by atoms with Gasteiger partial charge in [-0.05, 0) is 48.2 Å². The van der Waals surface area contributed by atoms with Crippen LogP contribution in [0.25, 0.3) is 0 Å². The molecule has 0 aliphatic rings. The van der Waals surface area contributed by atoms with Gasteiger partial charge in [0.1, 0.15) is 5.75 Å². The lowest BCUT2D eigenvalue weighted by Gasteiger charge is -2.13. The van der Waals surface area contributed by atoms with Crippen molar-refractivity contribution in [1.29, 1.82) is 0 Å². The first-order chi connectivity index (χ1) is 10.1. The topological polar surface area (TPSA) is 88.2 Å². The summed E-state index contributed by atoms with van der Waals surface area (Å²) in [7, 11) is 0. The van der Waals surface area contributed by atoms with E-state index in [1.807, 2.05) is 13.0 Å². The van der Waals surface area contributed by atoms with Crippen molar-refractivity contribution in [3.8, 4) is 5.75 Å². The molecule has 5 nitrogen and oxygen atoms in total. The molecular weight excluding hydrogens is 266 g/mol. The Bertz CT molecular complexity index is 611. The second kappa shape index (κ2) is 6.85. The lowest BCUT2D eigenvalue weighted by molar-refractivity contribution is -0.122. The highest BCUT2D eigenvalue weighted by atomic mass is 16.3. The van der Waals surface area contributed by atoms with Crippen LogP contribution >= 0.6 is 0 Å². The van der Waals surface area contributed by atoms with Gasteiger partial charge >= 0.3 is 0 Å². The van der Waals surface area contributed by atoms with Gasteiger partial charge in [0.2, 0.25) is 5.91 Å². The number of pyridine rings is 1. The van der Waals surface area contributed by atoms with Crippen molar-refractivity contribution in [2.24, 2.45) is 5.73 Å². The summed E-state index contributed by atoms with van der Waals surface area (Å²) in [5.74, 6) is 0.00391. The minimum Gasteiger partial charge on any atom is -0.508 e. The highest BCUT2D eigenvalue weighted by molar-refractivity contribution is 5.81. The Hall–Kier alpha value is -2.40. The number of carbonyl (C=O) groups is 1. The Kier molecular flexibility index (Phi) is 4.90. The van der Waals surface area contributed by atoms with Crippen LogP contribution in [-0.4, -0.2) is 22.0 Å². The van der Waals surface area contributed by atoms with Crippen molar-refractivity contribution in [2.45, 2.75) is 25.9 Å². The van der Waals surface area contributed by atoms with Gasteiger partial charge in [-0.25, -0.2) is 0 Å². The number of nitrogens with two attached hydrogens (primary N) is 1. The fourth-order valence-electron chi connectivity index (χ4n) is 1.99. The third-order valence-electron chi connectivity index (χ3n) is 3.32. The third-order valence-corrected chi connectivity index (χ3v) is 3.32. The van der Waals surface area contributed by atoms with Gasteiger partial charge in [0.25, 0.3) is 0 Å². The number of nitrogens with one attached hydrogen (secondary N) is 1. The van der Waals surface area contributed by atoms with Crippen LogP contribution in [0.15, 0.2) is 42.7 Å². The van der Waals surface area contributed by atoms with E-state index in [2.05, 4.69) is 10.3 Å². The summed E-state index contributed by atoms with van der Waals surface area (Å²) < 4.78 is 0. The lowest BCUT2D eigenvalue weighted by Crippen LogP contribution is -2.41. The molecule has 0 spiro atoms. The van der Waals surface area contributed by atoms with Gasteiger partial charge < -0.3 is 16.2 Å². The van der Waals surface area contributed by atoms with Crippen LogP contribution in [-0.2, 0) is 17.8 Å². The molecule has 2 rings (SSSR count). The van der Waals surface area contributed by atoms with E-state index in [-0.39, 0.29) is 11.7 Å². The molecule has 21 heavy (non-hydrogen) atoms. The Labute approximate surface area is 123 Å². The Morgan fingerprint density at radius 3 is 2.71 bits per heavy atom. The number of nitrogens with zero attached hydrogens (tertiary/aromatic N) is 1. The maximum absolute atomic E-state index is 12.0. The SMILES string of the molecule is Cc1cnccc1CNC(=O)C(N)Cc1ccc(O)cc1. The van der Waals surface area contributed by atoms with Crippen LogP contribution in [0.5, 0.6) is 5.75 Å². The number of phenols is 1. The van der Waals surface area contributed by atoms with E-state index in [9.17, 15) is 9.90 Å². The fraction of sp³-hybridized carbons (Fsp3) is 0.250. The molecule has 110 valence electrons. The van der Waals surface area contributed by atoms with Crippen molar-refractivity contribution >= 4 is 5.91 Å². The molecule has 1 aromatic carbocycles. The highest BCUT2D eigenvalue weighted by Crippen LogP contribution is 2.11. The van der Waals surface area contributed by atoms with Crippen LogP contribution in [0.4, 0.5) is 0 Å². The largest absolute Gasteiger partial charge is 0.508 e. The van der Waals surface area contributed by atoms with Gasteiger partial charge in [-0.15, -0.1) is 0 Å². The maximum atomic E-state index is 12.0. The Balaban J connectivity index is 1.88.